The lowest BCUT2D eigenvalue weighted by Gasteiger charge is -2.20. The number of hydrogen-bond donors (Lipinski definition) is 8. The summed E-state index contributed by atoms with van der Waals surface area (Å²) >= 11 is 0. The molecule has 4 heterocycles. The van der Waals surface area contributed by atoms with Crippen LogP contribution in [0.25, 0.3) is 43.6 Å². The Labute approximate surface area is 878 Å². The van der Waals surface area contributed by atoms with Crippen LogP contribution < -0.4 is 35.5 Å². The lowest BCUT2D eigenvalue weighted by molar-refractivity contribution is -0.140. The van der Waals surface area contributed by atoms with Crippen LogP contribution in [0.5, 0.6) is 17.2 Å². The molecule has 12 aromatic carbocycles. The summed E-state index contributed by atoms with van der Waals surface area (Å²) in [5.74, 6) is -0.948. The number of fused-ring (bicyclic) bond motifs is 4. The number of aliphatic carboxylic acids is 4. The first-order valence-electron chi connectivity index (χ1n) is 51.6. The number of carboxylic acids is 4. The second-order valence-corrected chi connectivity index (χ2v) is 41.9. The molecule has 2 saturated carbocycles. The molecule has 23 nitrogen and oxygen atoms in total. The number of hydrogen-bond acceptors (Lipinski definition) is 11. The van der Waals surface area contributed by atoms with Crippen LogP contribution in [0.1, 0.15) is 303 Å². The lowest BCUT2D eigenvalue weighted by Crippen LogP contribution is -2.26. The Balaban J connectivity index is 0.000000149. The number of benzene rings is 12. The first kappa shape index (κ1) is 108. The maximum absolute atomic E-state index is 13.2. The highest BCUT2D eigenvalue weighted by atomic mass is 16.5. The maximum atomic E-state index is 13.2. The molecule has 0 aliphatic heterocycles. The van der Waals surface area contributed by atoms with E-state index in [1.807, 2.05) is 167 Å². The van der Waals surface area contributed by atoms with E-state index in [-0.39, 0.29) is 73.0 Å². The summed E-state index contributed by atoms with van der Waals surface area (Å²) in [5, 5.41) is 52.8. The molecule has 0 spiro atoms. The third kappa shape index (κ3) is 25.7. The van der Waals surface area contributed by atoms with Gasteiger partial charge in [0, 0.05) is 115 Å². The van der Waals surface area contributed by atoms with Crippen LogP contribution in [-0.2, 0) is 56.2 Å². The molecule has 18 rings (SSSR count). The number of carbonyl (C=O) groups is 8. The highest BCUT2D eigenvalue weighted by molar-refractivity contribution is 6.03. The van der Waals surface area contributed by atoms with E-state index in [1.54, 1.807) is 36.4 Å². The molecule has 16 aromatic rings. The van der Waals surface area contributed by atoms with Gasteiger partial charge < -0.3 is 74.2 Å². The van der Waals surface area contributed by atoms with E-state index in [9.17, 15) is 43.5 Å². The fraction of sp³-hybridized carbons (Fsp3) is 0.307. The first-order valence-corrected chi connectivity index (χ1v) is 51.6. The van der Waals surface area contributed by atoms with Crippen LogP contribution in [0.4, 0.5) is 0 Å². The van der Waals surface area contributed by atoms with Crippen molar-refractivity contribution in [3.63, 3.8) is 0 Å². The van der Waals surface area contributed by atoms with Gasteiger partial charge in [-0.25, -0.2) is 14.4 Å². The molecule has 4 atom stereocenters. The topological polar surface area (TPSA) is 313 Å². The van der Waals surface area contributed by atoms with E-state index in [2.05, 4.69) is 234 Å². The third-order valence-electron chi connectivity index (χ3n) is 29.8. The van der Waals surface area contributed by atoms with Gasteiger partial charge in [-0.15, -0.1) is 0 Å². The van der Waals surface area contributed by atoms with Gasteiger partial charge in [0.15, 0.2) is 19.8 Å². The normalized spacial score (nSPS) is 13.3. The fourth-order valence-corrected chi connectivity index (χ4v) is 19.5. The Bertz CT molecular complexity index is 7480. The van der Waals surface area contributed by atoms with Gasteiger partial charge in [0.05, 0.1) is 29.6 Å². The predicted molar refractivity (Wildman–Crippen MR) is 594 cm³/mol. The number of rotatable bonds is 34. The number of carbonyl (C=O) groups excluding carboxylic acids is 4. The summed E-state index contributed by atoms with van der Waals surface area (Å²) in [6, 6.07) is 87.4. The van der Waals surface area contributed by atoms with Crippen molar-refractivity contribution in [2.45, 2.75) is 236 Å². The summed E-state index contributed by atoms with van der Waals surface area (Å²) in [4.78, 5) is 96.5. The van der Waals surface area contributed by atoms with Crippen molar-refractivity contribution in [2.75, 3.05) is 19.8 Å². The number of carboxylic acid groups (broad SMARTS) is 4. The molecule has 4 aromatic heterocycles. The van der Waals surface area contributed by atoms with Gasteiger partial charge in [-0.1, -0.05) is 206 Å². The summed E-state index contributed by atoms with van der Waals surface area (Å²) in [6.07, 6.45) is 3.94. The van der Waals surface area contributed by atoms with Crippen molar-refractivity contribution in [1.29, 1.82) is 0 Å². The molecular formula is C127H138N8O15. The van der Waals surface area contributed by atoms with Gasteiger partial charge in [-0.3, -0.25) is 24.0 Å². The monoisotopic (exact) mass is 2020 g/mol. The summed E-state index contributed by atoms with van der Waals surface area (Å²) in [5.41, 5.74) is 30.2. The molecule has 2 fully saturated rings. The zero-order valence-corrected chi connectivity index (χ0v) is 89.3. The number of nitrogens with zero attached hydrogens (tertiary/aromatic N) is 4. The van der Waals surface area contributed by atoms with Gasteiger partial charge in [-0.2, -0.15) is 0 Å². The number of aryl methyl sites for hydroxylation is 4. The van der Waals surface area contributed by atoms with Crippen LogP contribution in [0.15, 0.2) is 267 Å². The predicted octanol–water partition coefficient (Wildman–Crippen LogP) is 26.1. The minimum Gasteiger partial charge on any atom is -0.482 e. The fourth-order valence-electron chi connectivity index (χ4n) is 19.5. The second-order valence-electron chi connectivity index (χ2n) is 41.9. The SMILES string of the molecule is Cc1c(C)n(Cc2ccc(C3(C(=O)O)CC3)cc2)c2ccc(C(=O)N[C@@H](C)c3cccc(C(C)C)c3)cc12.Cc1c(C)n(Cc2ccc(OCC(=O)O)cc2)c2ccc(C(=O)N[C@@H](C)c3ccc(C(C)(C)C)cc3)cc12.Cc1c(C)n(Cc2ccc(OCC(=O)O)cc2)c2ccc(C(=O)N[C@@H](C)c3cccc(C(C)C)c3)cc12.Cc1c(C)n(Cc2ccc(OCC(=O)O)cc2)c2ccc(C(=O)N[C@@H](C)c3cccc(C4CC4)c3)cc12. The highest BCUT2D eigenvalue weighted by Crippen LogP contribution is 2.49. The van der Waals surface area contributed by atoms with Crippen molar-refractivity contribution < 1.29 is 73.0 Å². The van der Waals surface area contributed by atoms with Crippen LogP contribution in [0, 0.1) is 55.4 Å². The molecule has 776 valence electrons. The average molecular weight is 2020 g/mol. The zero-order valence-electron chi connectivity index (χ0n) is 89.3. The standard InChI is InChI=1S/C33H36N2O3.C32H36N2O4.C31H32N2O4.C31H34N2O4/c1-20(2)25-7-6-8-26(17-25)22(4)34-31(36)27-11-14-30-29(18-27)21(3)23(5)35(30)19-24-9-12-28(13-10-24)33(15-16-33)32(37)38;1-20-22(3)34(18-23-7-14-27(15-8-23)38-19-30(35)36)29-16-11-25(17-28(20)29)31(37)33-21(2)24-9-12-26(13-10-24)32(4,5)6;1-19-21(3)33(17-22-7-12-27(13-8-22)37-18-30(34)35)29-14-11-26(16-28(19)29)31(36)32-20(2)24-5-4-6-25(15-24)23-9-10-23;1-19(2)24-7-6-8-25(15-24)21(4)32-31(36)26-11-14-29-28(16-26)20(3)22(5)33(29)17-23-9-12-27(13-10-23)37-18-30(34)35/h6-14,17-18,20,22H,15-16,19H2,1-5H3,(H,34,36)(H,37,38);7-17,21H,18-19H2,1-6H3,(H,33,37)(H,35,36);4-8,11-16,20,23H,9-10,17-18H2,1-3H3,(H,32,36)(H,34,35);6-16,19,21H,17-18H2,1-5H3,(H,32,36)(H,34,35)/t22-;21-;20-;21-/m0000/s1. The smallest absolute Gasteiger partial charge is 0.341 e. The second kappa shape index (κ2) is 46.6. The summed E-state index contributed by atoms with van der Waals surface area (Å²) in [6.45, 7) is 41.6. The Morgan fingerprint density at radius 1 is 0.327 bits per heavy atom. The molecule has 0 unspecified atom stereocenters. The lowest BCUT2D eigenvalue weighted by atomic mass is 9.86. The van der Waals surface area contributed by atoms with Crippen molar-refractivity contribution in [2.24, 2.45) is 0 Å². The molecule has 2 aliphatic carbocycles. The van der Waals surface area contributed by atoms with E-state index in [0.29, 0.717) is 96.3 Å². The van der Waals surface area contributed by atoms with Crippen molar-refractivity contribution >= 4 is 91.1 Å². The average Bonchev–Trinajstić information content (AvgIpc) is 1.57. The number of aromatic nitrogens is 4. The van der Waals surface area contributed by atoms with E-state index >= 15 is 0 Å². The Morgan fingerprint density at radius 3 is 0.867 bits per heavy atom. The molecule has 0 saturated heterocycles. The molecular weight excluding hydrogens is 1880 g/mol. The van der Waals surface area contributed by atoms with Gasteiger partial charge in [0.25, 0.3) is 23.6 Å². The van der Waals surface area contributed by atoms with Crippen LogP contribution in [-0.4, -0.2) is 106 Å². The molecule has 4 amide bonds. The summed E-state index contributed by atoms with van der Waals surface area (Å²) in [7, 11) is 0. The zero-order chi connectivity index (χ0) is 108. The van der Waals surface area contributed by atoms with Gasteiger partial charge in [-0.05, 0) is 336 Å². The van der Waals surface area contributed by atoms with E-state index < -0.39 is 29.3 Å². The van der Waals surface area contributed by atoms with Gasteiger partial charge >= 0.3 is 23.9 Å². The van der Waals surface area contributed by atoms with Crippen molar-refractivity contribution in [3.05, 3.63) is 407 Å². The third-order valence-corrected chi connectivity index (χ3v) is 29.8. The Morgan fingerprint density at radius 2 is 0.600 bits per heavy atom. The minimum atomic E-state index is -1.00. The Hall–Kier alpha value is -16.0. The maximum Gasteiger partial charge on any atom is 0.341 e. The molecule has 0 bridgehead atoms. The molecule has 150 heavy (non-hydrogen) atoms. The largest absolute Gasteiger partial charge is 0.482 e. The van der Waals surface area contributed by atoms with Crippen LogP contribution in [0.3, 0.4) is 0 Å². The molecule has 2 aliphatic rings. The number of amides is 4. The molecule has 8 N–H and O–H groups in total. The quantitative estimate of drug-likeness (QED) is 0.0186. The van der Waals surface area contributed by atoms with Gasteiger partial charge in [0.2, 0.25) is 0 Å². The minimum absolute atomic E-state index is 0.0724. The Kier molecular flexibility index (Phi) is 33.6. The number of ether oxygens (including phenoxy) is 3. The van der Waals surface area contributed by atoms with Crippen molar-refractivity contribution in [1.82, 2.24) is 39.5 Å². The van der Waals surface area contributed by atoms with E-state index in [1.165, 1.54) is 35.1 Å². The van der Waals surface area contributed by atoms with Crippen LogP contribution >= 0.6 is 0 Å². The van der Waals surface area contributed by atoms with Gasteiger partial charge in [0.1, 0.15) is 17.2 Å². The molecule has 23 heteroatoms. The van der Waals surface area contributed by atoms with Crippen molar-refractivity contribution in [3.8, 4) is 17.2 Å². The van der Waals surface area contributed by atoms with Crippen LogP contribution in [0.2, 0.25) is 0 Å². The highest BCUT2D eigenvalue weighted by Gasteiger charge is 2.51. The van der Waals surface area contributed by atoms with E-state index in [4.69, 9.17) is 29.5 Å². The summed E-state index contributed by atoms with van der Waals surface area (Å²) < 4.78 is 24.7. The first-order chi connectivity index (χ1) is 71.5. The molecule has 0 radical (unpaired) electrons. The van der Waals surface area contributed by atoms with E-state index in [0.717, 1.165) is 139 Å². The number of nitrogens with one attached hydrogen (secondary N) is 4.